The molecular weight excluding hydrogens is 288 g/mol. The molecule has 0 saturated carbocycles. The lowest BCUT2D eigenvalue weighted by Gasteiger charge is -2.11. The molecule has 0 bridgehead atoms. The van der Waals surface area contributed by atoms with Crippen molar-refractivity contribution in [2.45, 2.75) is 13.8 Å². The predicted molar refractivity (Wildman–Crippen MR) is 82.5 cm³/mol. The molecule has 5 heteroatoms. The molecule has 106 valence electrons. The maximum absolute atomic E-state index is 11.5. The first-order valence-electron chi connectivity index (χ1n) is 6.47. The molecule has 0 atom stereocenters. The molecule has 3 aromatic rings. The number of aromatic carboxylic acids is 1. The highest BCUT2D eigenvalue weighted by atomic mass is 35.5. The summed E-state index contributed by atoms with van der Waals surface area (Å²) in [5.74, 6) is -0.283. The minimum atomic E-state index is -0.981. The minimum Gasteiger partial charge on any atom is -0.478 e. The van der Waals surface area contributed by atoms with E-state index in [4.69, 9.17) is 11.6 Å². The number of carbonyl (C=O) groups is 1. The highest BCUT2D eigenvalue weighted by Gasteiger charge is 2.18. The van der Waals surface area contributed by atoms with Gasteiger partial charge < -0.3 is 5.11 Å². The number of nitrogens with zero attached hydrogens (tertiary/aromatic N) is 2. The lowest BCUT2D eigenvalue weighted by atomic mass is 10.1. The molecule has 0 aliphatic rings. The van der Waals surface area contributed by atoms with Crippen LogP contribution in [0.4, 0.5) is 0 Å². The molecule has 2 aromatic carbocycles. The van der Waals surface area contributed by atoms with Crippen LogP contribution in [-0.4, -0.2) is 20.6 Å². The normalized spacial score (nSPS) is 11.0. The van der Waals surface area contributed by atoms with Crippen LogP contribution < -0.4 is 0 Å². The molecule has 4 nitrogen and oxygen atoms in total. The van der Waals surface area contributed by atoms with Gasteiger partial charge in [-0.15, -0.1) is 0 Å². The maximum Gasteiger partial charge on any atom is 0.337 e. The Balaban J connectivity index is 2.41. The van der Waals surface area contributed by atoms with Crippen LogP contribution in [-0.2, 0) is 0 Å². The molecule has 0 aliphatic heterocycles. The summed E-state index contributed by atoms with van der Waals surface area (Å²) in [4.78, 5) is 15.9. The fourth-order valence-corrected chi connectivity index (χ4v) is 2.82. The van der Waals surface area contributed by atoms with Gasteiger partial charge in [-0.3, -0.25) is 4.57 Å². The third kappa shape index (κ3) is 2.17. The number of para-hydroxylation sites is 1. The lowest BCUT2D eigenvalue weighted by molar-refractivity contribution is 0.0698. The van der Waals surface area contributed by atoms with Gasteiger partial charge in [0, 0.05) is 0 Å². The van der Waals surface area contributed by atoms with Crippen molar-refractivity contribution in [2.75, 3.05) is 0 Å². The van der Waals surface area contributed by atoms with Crippen LogP contribution in [0.25, 0.3) is 16.7 Å². The summed E-state index contributed by atoms with van der Waals surface area (Å²) in [5, 5.41) is 9.97. The molecule has 1 heterocycles. The highest BCUT2D eigenvalue weighted by Crippen LogP contribution is 2.29. The van der Waals surface area contributed by atoms with Crippen LogP contribution in [0.15, 0.2) is 36.4 Å². The van der Waals surface area contributed by atoms with Crippen molar-refractivity contribution in [1.29, 1.82) is 0 Å². The van der Waals surface area contributed by atoms with E-state index in [0.717, 1.165) is 11.3 Å². The first kappa shape index (κ1) is 13.6. The van der Waals surface area contributed by atoms with Gasteiger partial charge in [0.25, 0.3) is 0 Å². The van der Waals surface area contributed by atoms with Crippen LogP contribution in [0, 0.1) is 13.8 Å². The third-order valence-electron chi connectivity index (χ3n) is 3.42. The van der Waals surface area contributed by atoms with Crippen LogP contribution >= 0.6 is 11.6 Å². The topological polar surface area (TPSA) is 55.1 Å². The summed E-state index contributed by atoms with van der Waals surface area (Å²) in [7, 11) is 0. The quantitative estimate of drug-likeness (QED) is 0.778. The fourth-order valence-electron chi connectivity index (χ4n) is 2.50. The Labute approximate surface area is 126 Å². The van der Waals surface area contributed by atoms with E-state index in [-0.39, 0.29) is 5.56 Å². The summed E-state index contributed by atoms with van der Waals surface area (Å²) >= 11 is 6.33. The van der Waals surface area contributed by atoms with Gasteiger partial charge in [-0.1, -0.05) is 23.7 Å². The largest absolute Gasteiger partial charge is 0.478 e. The Bertz CT molecular complexity index is 868. The molecule has 3 rings (SSSR count). The second kappa shape index (κ2) is 4.90. The number of rotatable bonds is 2. The molecular formula is C16H13ClN2O2. The predicted octanol–water partition coefficient (Wildman–Crippen LogP) is 3.99. The van der Waals surface area contributed by atoms with Crippen LogP contribution in [0.2, 0.25) is 5.02 Å². The van der Waals surface area contributed by atoms with Crippen LogP contribution in [0.5, 0.6) is 0 Å². The standard InChI is InChI=1S/C16H13ClN2O2/c1-9-6-7-14(12(17)8-9)19-10(2)18-13-5-3-4-11(15(13)19)16(20)21/h3-8H,1-2H3,(H,20,21). The average molecular weight is 301 g/mol. The summed E-state index contributed by atoms with van der Waals surface area (Å²) in [6.07, 6.45) is 0. The van der Waals surface area contributed by atoms with Gasteiger partial charge in [0.2, 0.25) is 0 Å². The minimum absolute atomic E-state index is 0.213. The van der Waals surface area contributed by atoms with Crippen molar-refractivity contribution in [3.8, 4) is 5.69 Å². The Morgan fingerprint density at radius 2 is 2.00 bits per heavy atom. The Kier molecular flexibility index (Phi) is 3.18. The van der Waals surface area contributed by atoms with Crippen molar-refractivity contribution in [2.24, 2.45) is 0 Å². The molecule has 0 amide bonds. The zero-order valence-electron chi connectivity index (χ0n) is 11.6. The summed E-state index contributed by atoms with van der Waals surface area (Å²) < 4.78 is 1.79. The molecule has 0 unspecified atom stereocenters. The highest BCUT2D eigenvalue weighted by molar-refractivity contribution is 6.32. The van der Waals surface area contributed by atoms with Crippen LogP contribution in [0.3, 0.4) is 0 Å². The summed E-state index contributed by atoms with van der Waals surface area (Å²) in [6, 6.07) is 10.7. The summed E-state index contributed by atoms with van der Waals surface area (Å²) in [6.45, 7) is 3.79. The van der Waals surface area contributed by atoms with Crippen LogP contribution in [0.1, 0.15) is 21.7 Å². The number of hydrogen-bond donors (Lipinski definition) is 1. The second-order valence-corrected chi connectivity index (χ2v) is 5.33. The van der Waals surface area contributed by atoms with Gasteiger partial charge >= 0.3 is 5.97 Å². The second-order valence-electron chi connectivity index (χ2n) is 4.93. The molecule has 1 aromatic heterocycles. The van der Waals surface area contributed by atoms with Crippen molar-refractivity contribution < 1.29 is 9.90 Å². The van der Waals surface area contributed by atoms with Gasteiger partial charge in [-0.2, -0.15) is 0 Å². The van der Waals surface area contributed by atoms with E-state index in [1.54, 1.807) is 22.8 Å². The van der Waals surface area contributed by atoms with E-state index in [2.05, 4.69) is 4.98 Å². The number of carboxylic acids is 1. The Hall–Kier alpha value is -2.33. The van der Waals surface area contributed by atoms with Crippen molar-refractivity contribution in [3.05, 3.63) is 58.4 Å². The number of imidazole rings is 1. The lowest BCUT2D eigenvalue weighted by Crippen LogP contribution is -2.04. The number of benzene rings is 2. The molecule has 0 aliphatic carbocycles. The van der Waals surface area contributed by atoms with Crippen molar-refractivity contribution >= 4 is 28.6 Å². The van der Waals surface area contributed by atoms with E-state index >= 15 is 0 Å². The molecule has 1 N–H and O–H groups in total. The van der Waals surface area contributed by atoms with E-state index in [1.807, 2.05) is 32.0 Å². The van der Waals surface area contributed by atoms with Crippen molar-refractivity contribution in [3.63, 3.8) is 0 Å². The van der Waals surface area contributed by atoms with Gasteiger partial charge in [0.15, 0.2) is 0 Å². The first-order valence-corrected chi connectivity index (χ1v) is 6.84. The number of aryl methyl sites for hydroxylation is 2. The monoisotopic (exact) mass is 300 g/mol. The smallest absolute Gasteiger partial charge is 0.337 e. The van der Waals surface area contributed by atoms with E-state index < -0.39 is 5.97 Å². The van der Waals surface area contributed by atoms with Gasteiger partial charge in [-0.25, -0.2) is 9.78 Å². The first-order chi connectivity index (χ1) is 9.99. The third-order valence-corrected chi connectivity index (χ3v) is 3.72. The zero-order valence-corrected chi connectivity index (χ0v) is 12.3. The number of hydrogen-bond acceptors (Lipinski definition) is 2. The van der Waals surface area contributed by atoms with E-state index in [9.17, 15) is 9.90 Å². The number of carboxylic acid groups (broad SMARTS) is 1. The van der Waals surface area contributed by atoms with E-state index in [0.29, 0.717) is 21.9 Å². The fraction of sp³-hybridized carbons (Fsp3) is 0.125. The van der Waals surface area contributed by atoms with Gasteiger partial charge in [0.1, 0.15) is 5.82 Å². The summed E-state index contributed by atoms with van der Waals surface area (Å²) in [5.41, 5.74) is 3.20. The molecule has 0 spiro atoms. The molecule has 21 heavy (non-hydrogen) atoms. The Morgan fingerprint density at radius 1 is 1.24 bits per heavy atom. The van der Waals surface area contributed by atoms with Crippen molar-refractivity contribution in [1.82, 2.24) is 9.55 Å². The number of fused-ring (bicyclic) bond motifs is 1. The number of aromatic nitrogens is 2. The Morgan fingerprint density at radius 3 is 2.67 bits per heavy atom. The van der Waals surface area contributed by atoms with E-state index in [1.165, 1.54) is 0 Å². The molecule has 0 radical (unpaired) electrons. The molecule has 0 saturated heterocycles. The van der Waals surface area contributed by atoms with Gasteiger partial charge in [-0.05, 0) is 43.7 Å². The SMILES string of the molecule is Cc1ccc(-n2c(C)nc3cccc(C(=O)O)c32)c(Cl)c1. The molecule has 0 fully saturated rings. The zero-order chi connectivity index (χ0) is 15.1. The number of halogens is 1. The van der Waals surface area contributed by atoms with Gasteiger partial charge in [0.05, 0.1) is 27.3 Å². The average Bonchev–Trinajstić information content (AvgIpc) is 2.74. The maximum atomic E-state index is 11.5.